The maximum absolute atomic E-state index is 13.5. The van der Waals surface area contributed by atoms with Gasteiger partial charge in [0.25, 0.3) is 0 Å². The zero-order chi connectivity index (χ0) is 23.7. The van der Waals surface area contributed by atoms with Crippen molar-refractivity contribution in [3.8, 4) is 0 Å². The third-order valence-corrected chi connectivity index (χ3v) is 7.23. The lowest BCUT2D eigenvalue weighted by atomic mass is 9.62. The van der Waals surface area contributed by atoms with Crippen LogP contribution in [0.4, 0.5) is 0 Å². The summed E-state index contributed by atoms with van der Waals surface area (Å²) in [5.41, 5.74) is -2.71. The van der Waals surface area contributed by atoms with Gasteiger partial charge in [-0.1, -0.05) is 25.2 Å². The molecule has 1 aliphatic heterocycles. The van der Waals surface area contributed by atoms with Gasteiger partial charge in [0.2, 0.25) is 0 Å². The predicted octanol–water partition coefficient (Wildman–Crippen LogP) is 3.26. The molecule has 0 aromatic carbocycles. The Morgan fingerprint density at radius 3 is 2.66 bits per heavy atom. The van der Waals surface area contributed by atoms with Crippen LogP contribution in [0.25, 0.3) is 0 Å². The van der Waals surface area contributed by atoms with Crippen LogP contribution in [0, 0.1) is 11.3 Å². The highest BCUT2D eigenvalue weighted by Crippen LogP contribution is 2.65. The van der Waals surface area contributed by atoms with E-state index in [0.29, 0.717) is 31.3 Å². The van der Waals surface area contributed by atoms with Gasteiger partial charge in [-0.2, -0.15) is 0 Å². The first-order chi connectivity index (χ1) is 15.0. The Balaban J connectivity index is 2.08. The molecule has 1 N–H and O–H groups in total. The molecule has 2 bridgehead atoms. The second-order valence-electron chi connectivity index (χ2n) is 8.90. The minimum atomic E-state index is -1.13. The van der Waals surface area contributed by atoms with Gasteiger partial charge in [0.15, 0.2) is 0 Å². The number of carboxylic acids is 1. The predicted molar refractivity (Wildman–Crippen MR) is 113 cm³/mol. The lowest BCUT2D eigenvalue weighted by molar-refractivity contribution is -0.235. The molecule has 174 valence electrons. The third kappa shape index (κ3) is 3.65. The molecule has 0 aromatic heterocycles. The average molecular weight is 446 g/mol. The van der Waals surface area contributed by atoms with Gasteiger partial charge < -0.3 is 19.3 Å². The molecule has 3 aliphatic rings. The first kappa shape index (κ1) is 23.8. The Morgan fingerprint density at radius 2 is 2.03 bits per heavy atom. The molecule has 4 atom stereocenters. The number of ether oxygens (including phenoxy) is 3. The SMILES string of the molecule is CCC(=O)O[C@]12CCC(C(=O)OC)=CC[C@]13CC[C@H]2[C@@](C)(/C=C/C=C(\C)C(=O)O)OC3=O. The quantitative estimate of drug-likeness (QED) is 0.286. The number of methoxy groups -OCH3 is 1. The fraction of sp³-hybridized carbons (Fsp3) is 0.583. The molecule has 1 heterocycles. The van der Waals surface area contributed by atoms with Crippen molar-refractivity contribution >= 4 is 23.9 Å². The molecule has 8 nitrogen and oxygen atoms in total. The van der Waals surface area contributed by atoms with Gasteiger partial charge in [0.1, 0.15) is 16.6 Å². The van der Waals surface area contributed by atoms with Crippen LogP contribution >= 0.6 is 0 Å². The maximum atomic E-state index is 13.5. The summed E-state index contributed by atoms with van der Waals surface area (Å²) in [5, 5.41) is 9.08. The van der Waals surface area contributed by atoms with Crippen LogP contribution in [0.5, 0.6) is 0 Å². The van der Waals surface area contributed by atoms with E-state index >= 15 is 0 Å². The molecule has 3 rings (SSSR count). The molecule has 8 heteroatoms. The van der Waals surface area contributed by atoms with E-state index in [1.165, 1.54) is 20.1 Å². The van der Waals surface area contributed by atoms with Gasteiger partial charge in [-0.05, 0) is 52.0 Å². The van der Waals surface area contributed by atoms with Crippen molar-refractivity contribution in [1.29, 1.82) is 0 Å². The van der Waals surface area contributed by atoms with Crippen molar-refractivity contribution in [2.24, 2.45) is 11.3 Å². The molecular weight excluding hydrogens is 416 g/mol. The van der Waals surface area contributed by atoms with Crippen molar-refractivity contribution in [2.75, 3.05) is 7.11 Å². The maximum Gasteiger partial charge on any atom is 0.333 e. The van der Waals surface area contributed by atoms with Crippen molar-refractivity contribution in [1.82, 2.24) is 0 Å². The van der Waals surface area contributed by atoms with Crippen molar-refractivity contribution in [3.05, 3.63) is 35.5 Å². The number of esters is 3. The number of cyclic esters (lactones) is 1. The number of hydrogen-bond acceptors (Lipinski definition) is 7. The summed E-state index contributed by atoms with van der Waals surface area (Å²) in [6.45, 7) is 4.92. The summed E-state index contributed by atoms with van der Waals surface area (Å²) < 4.78 is 16.9. The minimum Gasteiger partial charge on any atom is -0.478 e. The van der Waals surface area contributed by atoms with E-state index in [1.807, 2.05) is 0 Å². The Labute approximate surface area is 187 Å². The van der Waals surface area contributed by atoms with Gasteiger partial charge in [-0.3, -0.25) is 9.59 Å². The van der Waals surface area contributed by atoms with Crippen LogP contribution in [0.3, 0.4) is 0 Å². The molecule has 0 aromatic rings. The van der Waals surface area contributed by atoms with Gasteiger partial charge in [-0.15, -0.1) is 0 Å². The number of carbonyl (C=O) groups excluding carboxylic acids is 3. The number of hydrogen-bond donors (Lipinski definition) is 1. The Bertz CT molecular complexity index is 928. The summed E-state index contributed by atoms with van der Waals surface area (Å²) in [6, 6.07) is 0. The van der Waals surface area contributed by atoms with Crippen molar-refractivity contribution in [2.45, 2.75) is 70.5 Å². The smallest absolute Gasteiger partial charge is 0.333 e. The molecule has 0 spiro atoms. The van der Waals surface area contributed by atoms with E-state index in [-0.39, 0.29) is 24.3 Å². The molecule has 1 saturated carbocycles. The molecule has 0 radical (unpaired) electrons. The highest BCUT2D eigenvalue weighted by atomic mass is 16.6. The Kier molecular flexibility index (Phi) is 6.36. The second-order valence-corrected chi connectivity index (χ2v) is 8.90. The van der Waals surface area contributed by atoms with Crippen LogP contribution < -0.4 is 0 Å². The molecule has 2 fully saturated rings. The number of aliphatic carboxylic acids is 1. The van der Waals surface area contributed by atoms with Gasteiger partial charge in [-0.25, -0.2) is 9.59 Å². The number of carbonyl (C=O) groups is 4. The average Bonchev–Trinajstić information content (AvgIpc) is 2.90. The zero-order valence-corrected chi connectivity index (χ0v) is 18.9. The van der Waals surface area contributed by atoms with Crippen molar-refractivity contribution in [3.63, 3.8) is 0 Å². The first-order valence-corrected chi connectivity index (χ1v) is 10.9. The topological polar surface area (TPSA) is 116 Å². The molecule has 32 heavy (non-hydrogen) atoms. The highest BCUT2D eigenvalue weighted by Gasteiger charge is 2.74. The normalized spacial score (nSPS) is 34.2. The van der Waals surface area contributed by atoms with Crippen LogP contribution in [-0.4, -0.2) is 47.3 Å². The second kappa shape index (κ2) is 8.56. The fourth-order valence-electron chi connectivity index (χ4n) is 5.47. The van der Waals surface area contributed by atoms with Crippen LogP contribution in [0.15, 0.2) is 35.5 Å². The molecule has 1 saturated heterocycles. The Morgan fingerprint density at radius 1 is 1.31 bits per heavy atom. The molecule has 2 aliphatic carbocycles. The summed E-state index contributed by atoms with van der Waals surface area (Å²) in [5.74, 6) is -2.73. The first-order valence-electron chi connectivity index (χ1n) is 10.9. The molecular formula is C24H30O8. The van der Waals surface area contributed by atoms with Crippen molar-refractivity contribution < 1.29 is 38.5 Å². The lowest BCUT2D eigenvalue weighted by Crippen LogP contribution is -2.65. The van der Waals surface area contributed by atoms with E-state index in [2.05, 4.69) is 0 Å². The number of allylic oxidation sites excluding steroid dienone is 3. The molecule has 0 amide bonds. The molecule has 0 unspecified atom stereocenters. The fourth-order valence-corrected chi connectivity index (χ4v) is 5.47. The lowest BCUT2D eigenvalue weighted by Gasteiger charge is -2.54. The number of carboxylic acid groups (broad SMARTS) is 1. The van der Waals surface area contributed by atoms with Gasteiger partial charge in [0, 0.05) is 23.5 Å². The standard InChI is InChI=1S/C24H30O8/c1-5-18(25)31-24-14-9-16(20(28)30-4)8-12-23(24)13-10-17(24)22(3,32-21(23)29)11-6-7-15(2)19(26)27/h6-8,11,17H,5,9-10,12-14H2,1-4H3,(H,26,27)/b11-6+,15-7+/t17-,22+,23+,24-/m0/s1. The van der Waals surface area contributed by atoms with E-state index in [4.69, 9.17) is 19.3 Å². The summed E-state index contributed by atoms with van der Waals surface area (Å²) in [4.78, 5) is 49.3. The van der Waals surface area contributed by atoms with E-state index in [1.54, 1.807) is 32.1 Å². The minimum absolute atomic E-state index is 0.140. The Hall–Kier alpha value is -2.90. The number of rotatable bonds is 6. The monoisotopic (exact) mass is 446 g/mol. The van der Waals surface area contributed by atoms with Crippen LogP contribution in [0.1, 0.15) is 59.3 Å². The summed E-state index contributed by atoms with van der Waals surface area (Å²) in [6.07, 6.45) is 8.43. The largest absolute Gasteiger partial charge is 0.478 e. The highest BCUT2D eigenvalue weighted by molar-refractivity contribution is 5.90. The van der Waals surface area contributed by atoms with Crippen LogP contribution in [-0.2, 0) is 33.4 Å². The van der Waals surface area contributed by atoms with Gasteiger partial charge in [0.05, 0.1) is 7.11 Å². The summed E-state index contributed by atoms with van der Waals surface area (Å²) in [7, 11) is 1.31. The van der Waals surface area contributed by atoms with Crippen LogP contribution in [0.2, 0.25) is 0 Å². The van der Waals surface area contributed by atoms with E-state index in [0.717, 1.165) is 0 Å². The van der Waals surface area contributed by atoms with E-state index in [9.17, 15) is 19.2 Å². The third-order valence-electron chi connectivity index (χ3n) is 7.23. The van der Waals surface area contributed by atoms with Gasteiger partial charge >= 0.3 is 23.9 Å². The zero-order valence-electron chi connectivity index (χ0n) is 18.9. The van der Waals surface area contributed by atoms with E-state index < -0.39 is 40.5 Å². The summed E-state index contributed by atoms with van der Waals surface area (Å²) >= 11 is 0.